The monoisotopic (exact) mass is 314 g/mol. The smallest absolute Gasteiger partial charge is 1.00 e. The molecule has 1 aliphatic rings. The van der Waals surface area contributed by atoms with E-state index in [-0.39, 0.29) is 25.9 Å². The molecule has 1 saturated carbocycles. The number of rotatable bonds is 0. The average Bonchev–Trinajstić information content (AvgIpc) is 2.08. The zero-order valence-electron chi connectivity index (χ0n) is 8.44. The van der Waals surface area contributed by atoms with Crippen molar-refractivity contribution in [2.24, 2.45) is 0 Å². The van der Waals surface area contributed by atoms with Crippen LogP contribution >= 0.6 is 69.6 Å². The molecule has 0 N–H and O–H groups in total. The largest absolute Gasteiger partial charge is 2.00 e. The van der Waals surface area contributed by atoms with Gasteiger partial charge in [0.2, 0.25) is 0 Å². The molecule has 0 amide bonds. The van der Waals surface area contributed by atoms with Gasteiger partial charge in [-0.25, -0.2) is 0 Å². The molecule has 0 radical (unpaired) electrons. The zero-order valence-corrected chi connectivity index (χ0v) is 12.4. The zero-order chi connectivity index (χ0) is 9.46. The summed E-state index contributed by atoms with van der Waals surface area (Å²) in [7, 11) is 0. The second-order valence-electron chi connectivity index (χ2n) is 2.67. The maximum absolute atomic E-state index is 5.88. The van der Waals surface area contributed by atoms with Gasteiger partial charge in [-0.05, 0) is 0 Å². The Morgan fingerprint density at radius 3 is 0.615 bits per heavy atom. The van der Waals surface area contributed by atoms with Crippen LogP contribution in [0, 0.1) is 0 Å². The summed E-state index contributed by atoms with van der Waals surface area (Å²) in [5.74, 6) is 0. The number of halogens is 6. The maximum atomic E-state index is 5.88. The first-order valence-corrected chi connectivity index (χ1v) is 5.93. The van der Waals surface area contributed by atoms with Crippen molar-refractivity contribution < 1.29 is 2.85 Å². The van der Waals surface area contributed by atoms with Gasteiger partial charge in [-0.1, -0.05) is 0 Å². The molecule has 1 aliphatic carbocycles. The van der Waals surface area contributed by atoms with Crippen LogP contribution in [-0.4, -0.2) is 55.3 Å². The summed E-state index contributed by atoms with van der Waals surface area (Å²) in [6.45, 7) is 0. The van der Waals surface area contributed by atoms with E-state index in [2.05, 4.69) is 0 Å². The summed E-state index contributed by atoms with van der Waals surface area (Å²) >= 11 is 35.3. The molecule has 0 atom stereocenters. The van der Waals surface area contributed by atoms with Gasteiger partial charge >= 0.3 is 23.1 Å². The first-order valence-electron chi connectivity index (χ1n) is 3.31. The third-order valence-corrected chi connectivity index (χ3v) is 5.86. The van der Waals surface area contributed by atoms with Crippen molar-refractivity contribution in [1.29, 1.82) is 0 Å². The molecule has 0 unspecified atom stereocenters. The van der Waals surface area contributed by atoms with E-state index in [0.717, 1.165) is 0 Å². The Kier molecular flexibility index (Phi) is 7.51. The number of hydrogen-bond donors (Lipinski definition) is 0. The molecule has 76 valence electrons. The van der Waals surface area contributed by atoms with E-state index in [9.17, 15) is 0 Å². The Morgan fingerprint density at radius 1 is 0.462 bits per heavy atom. The molecule has 0 nitrogen and oxygen atoms in total. The number of alkyl halides is 6. The minimum Gasteiger partial charge on any atom is -1.00 e. The van der Waals surface area contributed by atoms with E-state index < -0.39 is 32.3 Å². The van der Waals surface area contributed by atoms with Gasteiger partial charge in [0, 0.05) is 0 Å². The van der Waals surface area contributed by atoms with Gasteiger partial charge in [0.15, 0.2) is 0 Å². The minimum atomic E-state index is -0.437. The van der Waals surface area contributed by atoms with Gasteiger partial charge < -0.3 is 2.85 Å². The van der Waals surface area contributed by atoms with E-state index in [1.54, 1.807) is 0 Å². The summed E-state index contributed by atoms with van der Waals surface area (Å²) in [6, 6.07) is 0. The first-order chi connectivity index (χ1) is 5.46. The van der Waals surface area contributed by atoms with E-state index in [4.69, 9.17) is 69.6 Å². The fraction of sp³-hybridized carbons (Fsp3) is 1.00. The molecule has 0 aromatic rings. The van der Waals surface area contributed by atoms with Gasteiger partial charge in [0.1, 0.15) is 0 Å². The van der Waals surface area contributed by atoms with E-state index in [1.165, 1.54) is 0 Å². The Labute approximate surface area is 127 Å². The van der Waals surface area contributed by atoms with Gasteiger partial charge in [-0.3, -0.25) is 0 Å². The molecule has 0 aromatic carbocycles. The summed E-state index contributed by atoms with van der Waals surface area (Å²) in [4.78, 5) is 0. The molecule has 0 aliphatic heterocycles. The third kappa shape index (κ3) is 3.23. The second-order valence-corrected chi connectivity index (χ2v) is 5.69. The van der Waals surface area contributed by atoms with Crippen molar-refractivity contribution >= 4 is 92.7 Å². The van der Waals surface area contributed by atoms with E-state index >= 15 is 0 Å². The molecule has 0 bridgehead atoms. The van der Waals surface area contributed by atoms with Gasteiger partial charge in [-0.15, -0.1) is 69.6 Å². The molecule has 0 spiro atoms. The molecule has 1 fully saturated rings. The molecule has 0 heterocycles. The summed E-state index contributed by atoms with van der Waals surface area (Å²) in [6.07, 6.45) is 0. The molecule has 7 heteroatoms. The summed E-state index contributed by atoms with van der Waals surface area (Å²) in [5.41, 5.74) is 0. The quantitative estimate of drug-likeness (QED) is 0.474. The van der Waals surface area contributed by atoms with Crippen LogP contribution in [-0.2, 0) is 0 Å². The van der Waals surface area contributed by atoms with Crippen molar-refractivity contribution in [1.82, 2.24) is 0 Å². The maximum Gasteiger partial charge on any atom is 2.00 e. The third-order valence-electron chi connectivity index (χ3n) is 1.83. The Morgan fingerprint density at radius 2 is 0.538 bits per heavy atom. The predicted molar refractivity (Wildman–Crippen MR) is 65.8 cm³/mol. The van der Waals surface area contributed by atoms with Crippen LogP contribution in [0.1, 0.15) is 2.85 Å². The van der Waals surface area contributed by atoms with Crippen LogP contribution < -0.4 is 0 Å². The van der Waals surface area contributed by atoms with Crippen molar-refractivity contribution in [3.63, 3.8) is 0 Å². The second kappa shape index (κ2) is 6.29. The predicted octanol–water partition coefficient (Wildman–Crippen LogP) is 3.49. The van der Waals surface area contributed by atoms with E-state index in [1.807, 2.05) is 0 Å². The van der Waals surface area contributed by atoms with Crippen molar-refractivity contribution in [2.45, 2.75) is 32.3 Å². The van der Waals surface area contributed by atoms with Crippen LogP contribution in [0.25, 0.3) is 0 Å². The summed E-state index contributed by atoms with van der Waals surface area (Å²) in [5, 5.41) is -2.62. The van der Waals surface area contributed by atoms with Gasteiger partial charge in [0.05, 0.1) is 32.3 Å². The average molecular weight is 317 g/mol. The standard InChI is InChI=1S/C6H6Cl6.Mg.2H/c7-1-2(8)4(10)6(12)5(11)3(1)9;;;/h1-6H;;;/q;+2;2*-1. The molecule has 0 aromatic heterocycles. The molecule has 1 rings (SSSR count). The van der Waals surface area contributed by atoms with Crippen LogP contribution in [0.5, 0.6) is 0 Å². The van der Waals surface area contributed by atoms with E-state index in [0.29, 0.717) is 0 Å². The first kappa shape index (κ1) is 15.5. The van der Waals surface area contributed by atoms with Crippen LogP contribution in [0.4, 0.5) is 0 Å². The molecule has 0 saturated heterocycles. The number of hydrogen-bond acceptors (Lipinski definition) is 0. The summed E-state index contributed by atoms with van der Waals surface area (Å²) < 4.78 is 0. The van der Waals surface area contributed by atoms with Crippen molar-refractivity contribution in [3.8, 4) is 0 Å². The van der Waals surface area contributed by atoms with Crippen LogP contribution in [0.15, 0.2) is 0 Å². The SMILES string of the molecule is ClC1C(Cl)C(Cl)C(Cl)C(Cl)C1Cl.[H-].[H-].[Mg+2]. The molecular formula is C6H8Cl6Mg. The fourth-order valence-corrected chi connectivity index (χ4v) is 3.38. The van der Waals surface area contributed by atoms with Crippen molar-refractivity contribution in [3.05, 3.63) is 0 Å². The molecule has 13 heavy (non-hydrogen) atoms. The topological polar surface area (TPSA) is 0 Å². The van der Waals surface area contributed by atoms with Crippen LogP contribution in [0.2, 0.25) is 0 Å². The normalized spacial score (nSPS) is 51.2. The Balaban J connectivity index is -0.000000480. The molecular weight excluding hydrogens is 309 g/mol. The van der Waals surface area contributed by atoms with Gasteiger partial charge in [-0.2, -0.15) is 0 Å². The van der Waals surface area contributed by atoms with Crippen LogP contribution in [0.3, 0.4) is 0 Å². The Bertz CT molecular complexity index is 117. The fourth-order valence-electron chi connectivity index (χ4n) is 1.05. The van der Waals surface area contributed by atoms with Gasteiger partial charge in [0.25, 0.3) is 0 Å². The van der Waals surface area contributed by atoms with Crippen molar-refractivity contribution in [2.75, 3.05) is 0 Å². The minimum absolute atomic E-state index is 0. The Hall–Kier alpha value is 2.51.